The van der Waals surface area contributed by atoms with Crippen LogP contribution in [-0.4, -0.2) is 29.2 Å². The van der Waals surface area contributed by atoms with Crippen molar-refractivity contribution in [2.45, 2.75) is 50.2 Å². The van der Waals surface area contributed by atoms with Gasteiger partial charge in [0.15, 0.2) is 0 Å². The highest BCUT2D eigenvalue weighted by Gasteiger charge is 2.37. The molecule has 0 amide bonds. The van der Waals surface area contributed by atoms with E-state index >= 15 is 0 Å². The molecule has 0 bridgehead atoms. The molecule has 3 N–H and O–H groups in total. The normalized spacial score (nSPS) is 30.7. The Morgan fingerprint density at radius 2 is 2.05 bits per heavy atom. The first-order valence-electron chi connectivity index (χ1n) is 7.52. The van der Waals surface area contributed by atoms with Gasteiger partial charge in [0.25, 0.3) is 0 Å². The SMILES string of the molecule is NC1CC(N2CCCC2CCCO)c2ccccc21. The first-order valence-corrected chi connectivity index (χ1v) is 7.52. The van der Waals surface area contributed by atoms with Gasteiger partial charge in [0.2, 0.25) is 0 Å². The van der Waals surface area contributed by atoms with Gasteiger partial charge < -0.3 is 10.8 Å². The molecule has 1 aromatic carbocycles. The van der Waals surface area contributed by atoms with Gasteiger partial charge in [-0.2, -0.15) is 0 Å². The molecule has 1 fully saturated rings. The molecule has 1 aliphatic carbocycles. The van der Waals surface area contributed by atoms with Crippen molar-refractivity contribution in [1.29, 1.82) is 0 Å². The molecule has 1 aliphatic heterocycles. The van der Waals surface area contributed by atoms with Crippen LogP contribution >= 0.6 is 0 Å². The lowest BCUT2D eigenvalue weighted by Crippen LogP contribution is -2.33. The van der Waals surface area contributed by atoms with Crippen molar-refractivity contribution < 1.29 is 5.11 Å². The van der Waals surface area contributed by atoms with Crippen LogP contribution in [-0.2, 0) is 0 Å². The molecule has 1 aromatic rings. The van der Waals surface area contributed by atoms with Crippen molar-refractivity contribution in [1.82, 2.24) is 4.90 Å². The predicted molar refractivity (Wildman–Crippen MR) is 76.8 cm³/mol. The number of rotatable bonds is 4. The van der Waals surface area contributed by atoms with Crippen LogP contribution in [0.4, 0.5) is 0 Å². The van der Waals surface area contributed by atoms with Crippen molar-refractivity contribution >= 4 is 0 Å². The van der Waals surface area contributed by atoms with E-state index in [2.05, 4.69) is 29.2 Å². The molecule has 3 rings (SSSR count). The summed E-state index contributed by atoms with van der Waals surface area (Å²) in [5.41, 5.74) is 9.05. The second kappa shape index (κ2) is 5.61. The molecule has 3 atom stereocenters. The van der Waals surface area contributed by atoms with E-state index in [1.54, 1.807) is 0 Å². The molecule has 0 spiro atoms. The highest BCUT2D eigenvalue weighted by Crippen LogP contribution is 2.44. The van der Waals surface area contributed by atoms with Crippen molar-refractivity contribution in [2.24, 2.45) is 5.73 Å². The van der Waals surface area contributed by atoms with Crippen molar-refractivity contribution in [3.8, 4) is 0 Å². The highest BCUT2D eigenvalue weighted by molar-refractivity contribution is 5.37. The number of benzene rings is 1. The summed E-state index contributed by atoms with van der Waals surface area (Å²) in [6, 6.07) is 9.97. The first kappa shape index (κ1) is 13.1. The number of aliphatic hydroxyl groups is 1. The maximum Gasteiger partial charge on any atom is 0.0431 e. The monoisotopic (exact) mass is 260 g/mol. The smallest absolute Gasteiger partial charge is 0.0431 e. The third-order valence-electron chi connectivity index (χ3n) is 4.75. The fourth-order valence-corrected chi connectivity index (χ4v) is 3.87. The summed E-state index contributed by atoms with van der Waals surface area (Å²) in [6.07, 6.45) is 5.64. The van der Waals surface area contributed by atoms with Crippen LogP contribution in [0.1, 0.15) is 55.3 Å². The summed E-state index contributed by atoms with van der Waals surface area (Å²) >= 11 is 0. The van der Waals surface area contributed by atoms with E-state index in [-0.39, 0.29) is 6.04 Å². The lowest BCUT2D eigenvalue weighted by Gasteiger charge is -2.31. The van der Waals surface area contributed by atoms with Crippen LogP contribution in [0.2, 0.25) is 0 Å². The molecule has 2 aliphatic rings. The zero-order chi connectivity index (χ0) is 13.2. The van der Waals surface area contributed by atoms with Gasteiger partial charge in [0.1, 0.15) is 0 Å². The number of aliphatic hydroxyl groups excluding tert-OH is 1. The van der Waals surface area contributed by atoms with Gasteiger partial charge in [-0.1, -0.05) is 24.3 Å². The predicted octanol–water partition coefficient (Wildman–Crippen LogP) is 2.37. The minimum atomic E-state index is 0.195. The van der Waals surface area contributed by atoms with Crippen molar-refractivity contribution in [3.05, 3.63) is 35.4 Å². The van der Waals surface area contributed by atoms with Gasteiger partial charge in [-0.15, -0.1) is 0 Å². The third-order valence-corrected chi connectivity index (χ3v) is 4.75. The summed E-state index contributed by atoms with van der Waals surface area (Å²) in [7, 11) is 0. The Morgan fingerprint density at radius 3 is 2.84 bits per heavy atom. The first-order chi connectivity index (χ1) is 9.31. The largest absolute Gasteiger partial charge is 0.396 e. The van der Waals surface area contributed by atoms with Crippen LogP contribution in [0, 0.1) is 0 Å². The van der Waals surface area contributed by atoms with Gasteiger partial charge in [-0.25, -0.2) is 0 Å². The van der Waals surface area contributed by atoms with Crippen molar-refractivity contribution in [3.63, 3.8) is 0 Å². The zero-order valence-corrected chi connectivity index (χ0v) is 11.5. The number of nitrogens with two attached hydrogens (primary N) is 1. The maximum atomic E-state index is 9.04. The minimum Gasteiger partial charge on any atom is -0.396 e. The highest BCUT2D eigenvalue weighted by atomic mass is 16.2. The molecule has 0 saturated carbocycles. The summed E-state index contributed by atoms with van der Waals surface area (Å²) in [5, 5.41) is 9.04. The van der Waals surface area contributed by atoms with Crippen LogP contribution in [0.25, 0.3) is 0 Å². The van der Waals surface area contributed by atoms with Crippen molar-refractivity contribution in [2.75, 3.05) is 13.2 Å². The maximum absolute atomic E-state index is 9.04. The number of hydrogen-bond acceptors (Lipinski definition) is 3. The Balaban J connectivity index is 1.79. The van der Waals surface area contributed by atoms with Crippen LogP contribution in [0.15, 0.2) is 24.3 Å². The third kappa shape index (κ3) is 2.42. The summed E-state index contributed by atoms with van der Waals surface area (Å²) in [4.78, 5) is 2.64. The van der Waals surface area contributed by atoms with Crippen LogP contribution in [0.5, 0.6) is 0 Å². The topological polar surface area (TPSA) is 49.5 Å². The summed E-state index contributed by atoms with van der Waals surface area (Å²) in [5.74, 6) is 0. The number of likely N-dealkylation sites (tertiary alicyclic amines) is 1. The molecule has 104 valence electrons. The van der Waals surface area contributed by atoms with Gasteiger partial charge >= 0.3 is 0 Å². The number of fused-ring (bicyclic) bond motifs is 1. The second-order valence-corrected chi connectivity index (χ2v) is 5.89. The lowest BCUT2D eigenvalue weighted by molar-refractivity contribution is 0.158. The summed E-state index contributed by atoms with van der Waals surface area (Å²) in [6.45, 7) is 1.49. The van der Waals surface area contributed by atoms with E-state index in [9.17, 15) is 0 Å². The average Bonchev–Trinajstić information content (AvgIpc) is 3.02. The molecule has 3 unspecified atom stereocenters. The van der Waals surface area contributed by atoms with Crippen LogP contribution in [0.3, 0.4) is 0 Å². The Hall–Kier alpha value is -0.900. The Bertz CT molecular complexity index is 435. The Morgan fingerprint density at radius 1 is 1.26 bits per heavy atom. The van der Waals surface area contributed by atoms with Gasteiger partial charge in [-0.05, 0) is 49.8 Å². The van der Waals surface area contributed by atoms with E-state index in [0.717, 1.165) is 19.3 Å². The van der Waals surface area contributed by atoms with Gasteiger partial charge in [0.05, 0.1) is 0 Å². The molecule has 1 saturated heterocycles. The van der Waals surface area contributed by atoms with E-state index in [1.165, 1.54) is 30.5 Å². The standard InChI is InChI=1S/C16H24N2O/c17-15-11-16(14-8-2-1-7-13(14)15)18-9-3-5-12(18)6-4-10-19/h1-2,7-8,12,15-16,19H,3-6,9-11,17H2. The molecule has 3 nitrogen and oxygen atoms in total. The molecular weight excluding hydrogens is 236 g/mol. The Labute approximate surface area is 115 Å². The minimum absolute atomic E-state index is 0.195. The average molecular weight is 260 g/mol. The molecule has 1 heterocycles. The van der Waals surface area contributed by atoms with Crippen LogP contribution < -0.4 is 5.73 Å². The zero-order valence-electron chi connectivity index (χ0n) is 11.5. The molecule has 0 aromatic heterocycles. The number of hydrogen-bond donors (Lipinski definition) is 2. The fraction of sp³-hybridized carbons (Fsp3) is 0.625. The van der Waals surface area contributed by atoms with E-state index < -0.39 is 0 Å². The molecule has 0 radical (unpaired) electrons. The van der Waals surface area contributed by atoms with Gasteiger partial charge in [0, 0.05) is 24.7 Å². The lowest BCUT2D eigenvalue weighted by atomic mass is 10.0. The molecule has 19 heavy (non-hydrogen) atoms. The Kier molecular flexibility index (Phi) is 3.87. The van der Waals surface area contributed by atoms with E-state index in [0.29, 0.717) is 18.7 Å². The number of nitrogens with zero attached hydrogens (tertiary/aromatic N) is 1. The molecular formula is C16H24N2O. The second-order valence-electron chi connectivity index (χ2n) is 5.89. The van der Waals surface area contributed by atoms with E-state index in [1.807, 2.05) is 0 Å². The van der Waals surface area contributed by atoms with E-state index in [4.69, 9.17) is 10.8 Å². The molecule has 3 heteroatoms. The summed E-state index contributed by atoms with van der Waals surface area (Å²) < 4.78 is 0. The fourth-order valence-electron chi connectivity index (χ4n) is 3.87. The quantitative estimate of drug-likeness (QED) is 0.874. The van der Waals surface area contributed by atoms with Gasteiger partial charge in [-0.3, -0.25) is 4.90 Å².